The lowest BCUT2D eigenvalue weighted by molar-refractivity contribution is -0.116. The molecule has 2 aromatic heterocycles. The van der Waals surface area contributed by atoms with Crippen molar-refractivity contribution >= 4 is 34.2 Å². The van der Waals surface area contributed by atoms with E-state index in [-0.39, 0.29) is 29.3 Å². The van der Waals surface area contributed by atoms with Crippen LogP contribution in [0.2, 0.25) is 5.02 Å². The van der Waals surface area contributed by atoms with Gasteiger partial charge in [0.2, 0.25) is 5.91 Å². The summed E-state index contributed by atoms with van der Waals surface area (Å²) in [5.41, 5.74) is 0.889. The van der Waals surface area contributed by atoms with Gasteiger partial charge in [-0.2, -0.15) is 5.10 Å². The van der Waals surface area contributed by atoms with Crippen molar-refractivity contribution in [1.29, 1.82) is 0 Å². The summed E-state index contributed by atoms with van der Waals surface area (Å²) in [5, 5.41) is 7.01. The summed E-state index contributed by atoms with van der Waals surface area (Å²) in [5.74, 6) is -1.09. The summed E-state index contributed by atoms with van der Waals surface area (Å²) in [6.07, 6.45) is 0. The Kier molecular flexibility index (Phi) is 6.15. The minimum atomic E-state index is -0.629. The van der Waals surface area contributed by atoms with E-state index in [0.29, 0.717) is 17.8 Å². The van der Waals surface area contributed by atoms with Crippen LogP contribution in [0.5, 0.6) is 0 Å². The third-order valence-corrected chi connectivity index (χ3v) is 5.58. The average Bonchev–Trinajstić information content (AvgIpc) is 3.13. The first-order chi connectivity index (χ1) is 15.8. The standard InChI is InChI=1S/C23H21ClFN5O3/c1-3-30-21-20(14(2)27-30)28(13-19(31)26-18-10-9-16(25)11-17(18)24)23(33)29(22(21)32)12-15-7-5-4-6-8-15/h4-11H,3,12-13H2,1-2H3,(H,26,31). The van der Waals surface area contributed by atoms with Gasteiger partial charge in [0.1, 0.15) is 17.9 Å². The minimum absolute atomic E-state index is 0.0323. The molecule has 33 heavy (non-hydrogen) atoms. The van der Waals surface area contributed by atoms with Crippen molar-refractivity contribution < 1.29 is 9.18 Å². The number of aryl methyl sites for hydroxylation is 2. The van der Waals surface area contributed by atoms with Crippen LogP contribution in [-0.2, 0) is 24.4 Å². The predicted molar refractivity (Wildman–Crippen MR) is 124 cm³/mol. The first-order valence-corrected chi connectivity index (χ1v) is 10.7. The van der Waals surface area contributed by atoms with E-state index in [0.717, 1.165) is 16.2 Å². The molecule has 1 amide bonds. The Morgan fingerprint density at radius 2 is 1.82 bits per heavy atom. The average molecular weight is 470 g/mol. The molecule has 4 aromatic rings. The van der Waals surface area contributed by atoms with Gasteiger partial charge in [-0.25, -0.2) is 9.18 Å². The van der Waals surface area contributed by atoms with E-state index in [1.54, 1.807) is 6.92 Å². The van der Waals surface area contributed by atoms with Gasteiger partial charge in [0.25, 0.3) is 5.56 Å². The number of amides is 1. The van der Waals surface area contributed by atoms with Crippen LogP contribution in [0, 0.1) is 12.7 Å². The van der Waals surface area contributed by atoms with E-state index < -0.39 is 23.0 Å². The third kappa shape index (κ3) is 4.31. The molecule has 0 aliphatic rings. The SMILES string of the molecule is CCn1nc(C)c2c1c(=O)n(Cc1ccccc1)c(=O)n2CC(=O)Nc1ccc(F)cc1Cl. The second-order valence-electron chi connectivity index (χ2n) is 7.52. The van der Waals surface area contributed by atoms with Crippen LogP contribution in [0.4, 0.5) is 10.1 Å². The van der Waals surface area contributed by atoms with Gasteiger partial charge in [0.15, 0.2) is 5.52 Å². The van der Waals surface area contributed by atoms with E-state index in [4.69, 9.17) is 11.6 Å². The summed E-state index contributed by atoms with van der Waals surface area (Å²) in [7, 11) is 0. The van der Waals surface area contributed by atoms with E-state index in [1.165, 1.54) is 21.4 Å². The largest absolute Gasteiger partial charge is 0.332 e. The summed E-state index contributed by atoms with van der Waals surface area (Å²) < 4.78 is 17.2. The lowest BCUT2D eigenvalue weighted by Crippen LogP contribution is -2.42. The molecule has 2 aromatic carbocycles. The summed E-state index contributed by atoms with van der Waals surface area (Å²) in [4.78, 5) is 39.5. The zero-order valence-corrected chi connectivity index (χ0v) is 18.8. The van der Waals surface area contributed by atoms with E-state index in [9.17, 15) is 18.8 Å². The molecule has 0 saturated heterocycles. The fraction of sp³-hybridized carbons (Fsp3) is 0.217. The number of benzene rings is 2. The zero-order chi connectivity index (χ0) is 23.7. The molecule has 1 N–H and O–H groups in total. The number of hydrogen-bond acceptors (Lipinski definition) is 4. The number of rotatable bonds is 6. The molecule has 4 rings (SSSR count). The van der Waals surface area contributed by atoms with Crippen molar-refractivity contribution in [2.24, 2.45) is 0 Å². The van der Waals surface area contributed by atoms with Crippen molar-refractivity contribution in [3.63, 3.8) is 0 Å². The summed E-state index contributed by atoms with van der Waals surface area (Å²) in [6, 6.07) is 12.7. The second kappa shape index (κ2) is 9.03. The molecule has 10 heteroatoms. The van der Waals surface area contributed by atoms with Crippen LogP contribution in [0.3, 0.4) is 0 Å². The fourth-order valence-electron chi connectivity index (χ4n) is 3.77. The number of hydrogen-bond donors (Lipinski definition) is 1. The van der Waals surface area contributed by atoms with Crippen LogP contribution in [-0.4, -0.2) is 24.8 Å². The molecule has 0 bridgehead atoms. The quantitative estimate of drug-likeness (QED) is 0.469. The molecule has 0 radical (unpaired) electrons. The van der Waals surface area contributed by atoms with Gasteiger partial charge >= 0.3 is 5.69 Å². The van der Waals surface area contributed by atoms with Crippen LogP contribution in [0.1, 0.15) is 18.2 Å². The van der Waals surface area contributed by atoms with Gasteiger partial charge in [-0.05, 0) is 37.6 Å². The van der Waals surface area contributed by atoms with Crippen molar-refractivity contribution in [2.75, 3.05) is 5.32 Å². The molecule has 0 unspecified atom stereocenters. The minimum Gasteiger partial charge on any atom is -0.323 e. The van der Waals surface area contributed by atoms with Crippen LogP contribution >= 0.6 is 11.6 Å². The summed E-state index contributed by atoms with van der Waals surface area (Å²) >= 11 is 6.00. The Morgan fingerprint density at radius 1 is 1.09 bits per heavy atom. The normalized spacial score (nSPS) is 11.2. The van der Waals surface area contributed by atoms with Gasteiger partial charge in [-0.3, -0.25) is 23.4 Å². The van der Waals surface area contributed by atoms with E-state index in [2.05, 4.69) is 10.4 Å². The number of nitrogens with one attached hydrogen (secondary N) is 1. The van der Waals surface area contributed by atoms with Crippen molar-refractivity contribution in [2.45, 2.75) is 33.5 Å². The van der Waals surface area contributed by atoms with E-state index >= 15 is 0 Å². The highest BCUT2D eigenvalue weighted by atomic mass is 35.5. The monoisotopic (exact) mass is 469 g/mol. The maximum atomic E-state index is 13.4. The number of carbonyl (C=O) groups is 1. The highest BCUT2D eigenvalue weighted by Gasteiger charge is 2.22. The van der Waals surface area contributed by atoms with Crippen molar-refractivity contribution in [3.8, 4) is 0 Å². The lowest BCUT2D eigenvalue weighted by Gasteiger charge is -2.14. The molecule has 0 spiro atoms. The number of anilines is 1. The molecular formula is C23H21ClFN5O3. The number of halogens is 2. The Hall–Kier alpha value is -3.72. The number of nitrogens with zero attached hydrogens (tertiary/aromatic N) is 4. The van der Waals surface area contributed by atoms with Crippen molar-refractivity contribution in [1.82, 2.24) is 18.9 Å². The number of carbonyl (C=O) groups excluding carboxylic acids is 1. The Bertz CT molecular complexity index is 1470. The summed E-state index contributed by atoms with van der Waals surface area (Å²) in [6.45, 7) is 3.61. The maximum absolute atomic E-state index is 13.4. The third-order valence-electron chi connectivity index (χ3n) is 5.27. The number of aromatic nitrogens is 4. The van der Waals surface area contributed by atoms with Gasteiger partial charge < -0.3 is 5.32 Å². The van der Waals surface area contributed by atoms with E-state index in [1.807, 2.05) is 37.3 Å². The van der Waals surface area contributed by atoms with Crippen LogP contribution in [0.15, 0.2) is 58.1 Å². The highest BCUT2D eigenvalue weighted by molar-refractivity contribution is 6.33. The first-order valence-electron chi connectivity index (χ1n) is 10.3. The molecule has 0 aliphatic carbocycles. The molecule has 0 saturated carbocycles. The maximum Gasteiger partial charge on any atom is 0.332 e. The smallest absolute Gasteiger partial charge is 0.323 e. The lowest BCUT2D eigenvalue weighted by atomic mass is 10.2. The van der Waals surface area contributed by atoms with Gasteiger partial charge in [0, 0.05) is 6.54 Å². The zero-order valence-electron chi connectivity index (χ0n) is 18.0. The topological polar surface area (TPSA) is 90.9 Å². The molecule has 0 atom stereocenters. The molecule has 0 fully saturated rings. The first kappa shape index (κ1) is 22.5. The molecule has 170 valence electrons. The predicted octanol–water partition coefficient (Wildman–Crippen LogP) is 3.17. The Labute approximate surface area is 192 Å². The van der Waals surface area contributed by atoms with Gasteiger partial charge in [0.05, 0.1) is 22.9 Å². The molecular weight excluding hydrogens is 449 g/mol. The van der Waals surface area contributed by atoms with Crippen molar-refractivity contribution in [3.05, 3.63) is 91.5 Å². The van der Waals surface area contributed by atoms with Crippen LogP contribution < -0.4 is 16.6 Å². The van der Waals surface area contributed by atoms with Gasteiger partial charge in [-0.1, -0.05) is 41.9 Å². The van der Waals surface area contributed by atoms with Crippen LogP contribution in [0.25, 0.3) is 11.0 Å². The second-order valence-corrected chi connectivity index (χ2v) is 7.92. The molecule has 0 aliphatic heterocycles. The fourth-order valence-corrected chi connectivity index (χ4v) is 3.98. The van der Waals surface area contributed by atoms with Gasteiger partial charge in [-0.15, -0.1) is 0 Å². The number of fused-ring (bicyclic) bond motifs is 1. The highest BCUT2D eigenvalue weighted by Crippen LogP contribution is 2.22. The molecule has 8 nitrogen and oxygen atoms in total. The molecule has 2 heterocycles. The Morgan fingerprint density at radius 3 is 2.48 bits per heavy atom. The Balaban J connectivity index is 1.82.